The fourth-order valence-electron chi connectivity index (χ4n) is 1.94. The molecule has 2 aromatic rings. The highest BCUT2D eigenvalue weighted by atomic mass is 35.5. The summed E-state index contributed by atoms with van der Waals surface area (Å²) in [6.07, 6.45) is 5.08. The van der Waals surface area contributed by atoms with Gasteiger partial charge >= 0.3 is 0 Å². The van der Waals surface area contributed by atoms with E-state index in [4.69, 9.17) is 11.6 Å². The molecule has 0 aliphatic heterocycles. The lowest BCUT2D eigenvalue weighted by molar-refractivity contribution is 0.409. The highest BCUT2D eigenvalue weighted by Gasteiger charge is 2.21. The summed E-state index contributed by atoms with van der Waals surface area (Å²) in [7, 11) is 0. The fourth-order valence-corrected chi connectivity index (χ4v) is 2.55. The molecule has 0 spiro atoms. The first kappa shape index (κ1) is 11.8. The van der Waals surface area contributed by atoms with Gasteiger partial charge in [0.2, 0.25) is 0 Å². The highest BCUT2D eigenvalue weighted by molar-refractivity contribution is 7.10. The second-order valence-electron chi connectivity index (χ2n) is 4.40. The van der Waals surface area contributed by atoms with Gasteiger partial charge in [0.1, 0.15) is 10.0 Å². The average molecular weight is 283 g/mol. The van der Waals surface area contributed by atoms with Crippen LogP contribution >= 0.6 is 23.1 Å². The Labute approximate surface area is 113 Å². The van der Waals surface area contributed by atoms with Gasteiger partial charge in [-0.15, -0.1) is 5.10 Å². The number of aromatic nitrogens is 4. The van der Waals surface area contributed by atoms with E-state index >= 15 is 0 Å². The zero-order chi connectivity index (χ0) is 12.5. The Morgan fingerprint density at radius 1 is 1.50 bits per heavy atom. The van der Waals surface area contributed by atoms with Gasteiger partial charge in [-0.2, -0.15) is 0 Å². The van der Waals surface area contributed by atoms with Gasteiger partial charge in [0.05, 0.1) is 18.6 Å². The summed E-state index contributed by atoms with van der Waals surface area (Å²) >= 11 is 7.03. The maximum absolute atomic E-state index is 12.0. The molecule has 1 aliphatic rings. The van der Waals surface area contributed by atoms with Gasteiger partial charge in [0, 0.05) is 23.5 Å². The van der Waals surface area contributed by atoms with Crippen LogP contribution in [0.25, 0.3) is 0 Å². The average Bonchev–Trinajstić information content (AvgIpc) is 2.66. The molecular weight excluding hydrogens is 272 g/mol. The van der Waals surface area contributed by atoms with Gasteiger partial charge in [-0.3, -0.25) is 9.36 Å². The molecule has 7 heteroatoms. The second-order valence-corrected chi connectivity index (χ2v) is 5.76. The molecule has 1 fully saturated rings. The molecule has 0 saturated heterocycles. The van der Waals surface area contributed by atoms with E-state index in [2.05, 4.69) is 14.6 Å². The highest BCUT2D eigenvalue weighted by Crippen LogP contribution is 2.34. The zero-order valence-electron chi connectivity index (χ0n) is 9.54. The first-order valence-electron chi connectivity index (χ1n) is 5.77. The Hall–Kier alpha value is -1.27. The first-order valence-corrected chi connectivity index (χ1v) is 6.92. The maximum atomic E-state index is 12.0. The zero-order valence-corrected chi connectivity index (χ0v) is 11.1. The Balaban J connectivity index is 1.85. The third kappa shape index (κ3) is 2.18. The molecule has 0 amide bonds. The van der Waals surface area contributed by atoms with Crippen molar-refractivity contribution in [2.45, 2.75) is 31.7 Å². The van der Waals surface area contributed by atoms with Crippen molar-refractivity contribution >= 4 is 23.1 Å². The molecule has 0 bridgehead atoms. The largest absolute Gasteiger partial charge is 0.293 e. The summed E-state index contributed by atoms with van der Waals surface area (Å²) in [6.45, 7) is 0.326. The summed E-state index contributed by atoms with van der Waals surface area (Å²) < 4.78 is 5.76. The summed E-state index contributed by atoms with van der Waals surface area (Å²) in [4.78, 5) is 16.3. The molecule has 0 radical (unpaired) electrons. The smallest absolute Gasteiger partial charge is 0.253 e. The van der Waals surface area contributed by atoms with Crippen LogP contribution in [0.15, 0.2) is 17.2 Å². The summed E-state index contributed by atoms with van der Waals surface area (Å²) in [5, 5.41) is 3.89. The topological polar surface area (TPSA) is 60.7 Å². The molecule has 1 aliphatic carbocycles. The third-order valence-corrected chi connectivity index (χ3v) is 4.24. The van der Waals surface area contributed by atoms with E-state index in [1.807, 2.05) is 0 Å². The SMILES string of the molecule is O=c1cc(C2CCC2)ncn1Cc1nnsc1Cl. The second kappa shape index (κ2) is 4.78. The standard InChI is InChI=1S/C11H11ClN4OS/c12-11-9(14-15-18-11)5-16-6-13-8(4-10(16)17)7-2-1-3-7/h4,6-7H,1-3,5H2. The molecule has 0 atom stereocenters. The van der Waals surface area contributed by atoms with Crippen LogP contribution < -0.4 is 5.56 Å². The minimum atomic E-state index is -0.0593. The summed E-state index contributed by atoms with van der Waals surface area (Å²) in [6, 6.07) is 1.62. The molecule has 18 heavy (non-hydrogen) atoms. The number of hydrogen-bond acceptors (Lipinski definition) is 5. The van der Waals surface area contributed by atoms with Crippen LogP contribution in [0, 0.1) is 0 Å². The molecule has 2 aromatic heterocycles. The molecule has 0 aromatic carbocycles. The molecule has 5 nitrogen and oxygen atoms in total. The van der Waals surface area contributed by atoms with Crippen molar-refractivity contribution in [3.63, 3.8) is 0 Å². The third-order valence-electron chi connectivity index (χ3n) is 3.25. The van der Waals surface area contributed by atoms with Crippen molar-refractivity contribution in [2.24, 2.45) is 0 Å². The van der Waals surface area contributed by atoms with E-state index < -0.39 is 0 Å². The van der Waals surface area contributed by atoms with Gasteiger partial charge in [-0.1, -0.05) is 22.5 Å². The number of halogens is 1. The van der Waals surface area contributed by atoms with Crippen molar-refractivity contribution in [2.75, 3.05) is 0 Å². The van der Waals surface area contributed by atoms with Crippen molar-refractivity contribution in [3.05, 3.63) is 38.5 Å². The van der Waals surface area contributed by atoms with Gasteiger partial charge in [0.15, 0.2) is 0 Å². The van der Waals surface area contributed by atoms with E-state index in [0.717, 1.165) is 30.1 Å². The molecule has 0 unspecified atom stereocenters. The van der Waals surface area contributed by atoms with Gasteiger partial charge in [-0.25, -0.2) is 4.98 Å². The van der Waals surface area contributed by atoms with Crippen LogP contribution in [-0.2, 0) is 6.54 Å². The van der Waals surface area contributed by atoms with Crippen LogP contribution in [0.4, 0.5) is 0 Å². The number of rotatable bonds is 3. The Morgan fingerprint density at radius 3 is 2.89 bits per heavy atom. The van der Waals surface area contributed by atoms with Crippen LogP contribution in [-0.4, -0.2) is 19.1 Å². The van der Waals surface area contributed by atoms with E-state index in [0.29, 0.717) is 22.5 Å². The minimum Gasteiger partial charge on any atom is -0.293 e. The van der Waals surface area contributed by atoms with E-state index in [-0.39, 0.29) is 5.56 Å². The van der Waals surface area contributed by atoms with Crippen LogP contribution in [0.2, 0.25) is 4.34 Å². The van der Waals surface area contributed by atoms with Crippen LogP contribution in [0.3, 0.4) is 0 Å². The molecular formula is C11H11ClN4OS. The predicted octanol–water partition coefficient (Wildman–Crippen LogP) is 2.06. The maximum Gasteiger partial charge on any atom is 0.253 e. The molecule has 2 heterocycles. The van der Waals surface area contributed by atoms with E-state index in [1.165, 1.54) is 11.0 Å². The minimum absolute atomic E-state index is 0.0593. The van der Waals surface area contributed by atoms with Crippen molar-refractivity contribution in [3.8, 4) is 0 Å². The lowest BCUT2D eigenvalue weighted by Gasteiger charge is -2.24. The van der Waals surface area contributed by atoms with E-state index in [9.17, 15) is 4.79 Å². The number of hydrogen-bond donors (Lipinski definition) is 0. The monoisotopic (exact) mass is 282 g/mol. The first-order chi connectivity index (χ1) is 8.74. The molecule has 94 valence electrons. The number of nitrogens with zero attached hydrogens (tertiary/aromatic N) is 4. The van der Waals surface area contributed by atoms with Crippen molar-refractivity contribution in [1.82, 2.24) is 19.1 Å². The van der Waals surface area contributed by atoms with Gasteiger partial charge in [-0.05, 0) is 12.8 Å². The fraction of sp³-hybridized carbons (Fsp3) is 0.455. The quantitative estimate of drug-likeness (QED) is 0.865. The Bertz CT molecular complexity index is 620. The summed E-state index contributed by atoms with van der Waals surface area (Å²) in [5.41, 5.74) is 1.46. The predicted molar refractivity (Wildman–Crippen MR) is 69.1 cm³/mol. The van der Waals surface area contributed by atoms with Crippen LogP contribution in [0.1, 0.15) is 36.6 Å². The lowest BCUT2D eigenvalue weighted by atomic mass is 9.83. The van der Waals surface area contributed by atoms with E-state index in [1.54, 1.807) is 12.4 Å². The lowest BCUT2D eigenvalue weighted by Crippen LogP contribution is -2.23. The Morgan fingerprint density at radius 2 is 2.33 bits per heavy atom. The molecule has 1 saturated carbocycles. The van der Waals surface area contributed by atoms with Crippen LogP contribution in [0.5, 0.6) is 0 Å². The van der Waals surface area contributed by atoms with Crippen molar-refractivity contribution in [1.29, 1.82) is 0 Å². The molecule has 0 N–H and O–H groups in total. The van der Waals surface area contributed by atoms with Crippen molar-refractivity contribution < 1.29 is 0 Å². The normalized spacial score (nSPS) is 15.6. The van der Waals surface area contributed by atoms with Gasteiger partial charge < -0.3 is 0 Å². The Kier molecular flexibility index (Phi) is 3.13. The summed E-state index contributed by atoms with van der Waals surface area (Å²) in [5.74, 6) is 0.469. The molecule has 3 rings (SSSR count). The van der Waals surface area contributed by atoms with Gasteiger partial charge in [0.25, 0.3) is 5.56 Å².